The van der Waals surface area contributed by atoms with E-state index in [0.29, 0.717) is 18.8 Å². The van der Waals surface area contributed by atoms with E-state index >= 15 is 0 Å². The Balaban J connectivity index is 1.82. The van der Waals surface area contributed by atoms with E-state index in [2.05, 4.69) is 10.4 Å². The topological polar surface area (TPSA) is 113 Å². The number of aryl methyl sites for hydroxylation is 1. The molecule has 0 unspecified atom stereocenters. The molecule has 0 spiro atoms. The van der Waals surface area contributed by atoms with Gasteiger partial charge in [-0.2, -0.15) is 13.5 Å². The molecule has 2 N–H and O–H groups in total. The van der Waals surface area contributed by atoms with Crippen molar-refractivity contribution in [3.8, 4) is 0 Å². The molecule has 0 radical (unpaired) electrons. The molecule has 1 aliphatic heterocycles. The van der Waals surface area contributed by atoms with E-state index in [1.54, 1.807) is 4.90 Å². The molecule has 0 aliphatic carbocycles. The fraction of sp³-hybridized carbons (Fsp3) is 0.476. The third-order valence-corrected chi connectivity index (χ3v) is 6.54. The molecule has 0 bridgehead atoms. The van der Waals surface area contributed by atoms with Gasteiger partial charge in [-0.25, -0.2) is 9.52 Å². The molecule has 1 aliphatic rings. The molecular weight excluding hydrogens is 418 g/mol. The lowest BCUT2D eigenvalue weighted by atomic mass is 9.93. The number of sulfonamides is 1. The summed E-state index contributed by atoms with van der Waals surface area (Å²) in [5.41, 5.74) is 2.60. The first-order chi connectivity index (χ1) is 14.5. The Hall–Kier alpha value is -2.88. The minimum Gasteiger partial charge on any atom is -0.337 e. The molecule has 3 rings (SSSR count). The lowest BCUT2D eigenvalue weighted by Crippen LogP contribution is -2.42. The lowest BCUT2D eigenvalue weighted by molar-refractivity contribution is 0.0640. The second-order valence-electron chi connectivity index (χ2n) is 8.32. The Kier molecular flexibility index (Phi) is 6.40. The van der Waals surface area contributed by atoms with Crippen molar-refractivity contribution in [1.29, 1.82) is 0 Å². The number of nitrogens with one attached hydrogen (secondary N) is 2. The number of carbonyl (C=O) groups is 2. The maximum atomic E-state index is 12.7. The van der Waals surface area contributed by atoms with Gasteiger partial charge >= 0.3 is 6.03 Å². The van der Waals surface area contributed by atoms with Crippen LogP contribution in [0.2, 0.25) is 0 Å². The highest BCUT2D eigenvalue weighted by atomic mass is 32.2. The van der Waals surface area contributed by atoms with Gasteiger partial charge < -0.3 is 10.2 Å². The number of nitrogens with zero attached hydrogens (tertiary/aromatic N) is 3. The van der Waals surface area contributed by atoms with E-state index in [1.807, 2.05) is 50.6 Å². The van der Waals surface area contributed by atoms with Gasteiger partial charge in [-0.1, -0.05) is 45.9 Å². The summed E-state index contributed by atoms with van der Waals surface area (Å²) in [5.74, 6) is -0.00691. The molecule has 1 aromatic heterocycles. The first-order valence-electron chi connectivity index (χ1n) is 10.3. The zero-order valence-corrected chi connectivity index (χ0v) is 19.3. The van der Waals surface area contributed by atoms with Crippen molar-refractivity contribution in [2.24, 2.45) is 7.05 Å². The summed E-state index contributed by atoms with van der Waals surface area (Å²) in [5, 5.41) is 6.26. The molecule has 0 atom stereocenters. The number of hydrogen-bond acceptors (Lipinski definition) is 5. The largest absolute Gasteiger partial charge is 0.337 e. The van der Waals surface area contributed by atoms with Crippen molar-refractivity contribution in [3.63, 3.8) is 0 Å². The van der Waals surface area contributed by atoms with Crippen molar-refractivity contribution >= 4 is 27.6 Å². The summed E-state index contributed by atoms with van der Waals surface area (Å²) in [6.45, 7) is 9.29. The van der Waals surface area contributed by atoms with Gasteiger partial charge in [0, 0.05) is 31.9 Å². The molecule has 1 aromatic carbocycles. The lowest BCUT2D eigenvalue weighted by Gasteiger charge is -2.30. The second kappa shape index (κ2) is 8.70. The predicted molar refractivity (Wildman–Crippen MR) is 118 cm³/mol. The van der Waals surface area contributed by atoms with Crippen molar-refractivity contribution in [1.82, 2.24) is 19.4 Å². The van der Waals surface area contributed by atoms with Gasteiger partial charge in [0.2, 0.25) is 0 Å². The molecule has 10 heteroatoms. The number of urea groups is 1. The zero-order chi connectivity index (χ0) is 22.9. The van der Waals surface area contributed by atoms with E-state index in [1.165, 1.54) is 17.8 Å². The van der Waals surface area contributed by atoms with Crippen LogP contribution in [0.5, 0.6) is 0 Å². The number of para-hydroxylation sites is 1. The van der Waals surface area contributed by atoms with E-state index in [4.69, 9.17) is 0 Å². The van der Waals surface area contributed by atoms with Crippen LogP contribution in [0.25, 0.3) is 0 Å². The molecule has 1 saturated heterocycles. The summed E-state index contributed by atoms with van der Waals surface area (Å²) in [6, 6.07) is 6.06. The minimum absolute atomic E-state index is 0.136. The Bertz CT molecular complexity index is 1070. The Morgan fingerprint density at radius 1 is 1.06 bits per heavy atom. The van der Waals surface area contributed by atoms with E-state index in [-0.39, 0.29) is 28.5 Å². The molecule has 0 saturated carbocycles. The molecule has 3 amide bonds. The van der Waals surface area contributed by atoms with Gasteiger partial charge in [0.15, 0.2) is 5.03 Å². The number of likely N-dealkylation sites (tertiary alicyclic amines) is 1. The van der Waals surface area contributed by atoms with Crippen molar-refractivity contribution in [3.05, 3.63) is 41.1 Å². The highest BCUT2D eigenvalue weighted by Gasteiger charge is 2.29. The summed E-state index contributed by atoms with van der Waals surface area (Å²) in [7, 11) is -2.76. The smallest absolute Gasteiger partial charge is 0.333 e. The highest BCUT2D eigenvalue weighted by molar-refractivity contribution is 7.90. The fourth-order valence-electron chi connectivity index (χ4n) is 3.46. The average Bonchev–Trinajstić information content (AvgIpc) is 3.02. The highest BCUT2D eigenvalue weighted by Crippen LogP contribution is 2.32. The van der Waals surface area contributed by atoms with E-state index < -0.39 is 16.1 Å². The first-order valence-corrected chi connectivity index (χ1v) is 11.8. The SMILES string of the molecule is CC(C)c1cccc(C(C)C)c1NC(=O)NS(=O)(=O)c1cc(C(=O)N2CCC2)n(C)n1. The molecule has 31 heavy (non-hydrogen) atoms. The minimum atomic E-state index is -4.26. The number of hydrogen-bond donors (Lipinski definition) is 2. The number of aromatic nitrogens is 2. The van der Waals surface area contributed by atoms with Crippen molar-refractivity contribution in [2.45, 2.75) is 51.0 Å². The van der Waals surface area contributed by atoms with Crippen LogP contribution in [0.1, 0.15) is 67.6 Å². The van der Waals surface area contributed by atoms with Crippen LogP contribution < -0.4 is 10.0 Å². The normalized spacial score (nSPS) is 14.0. The molecular formula is C21H29N5O4S. The zero-order valence-electron chi connectivity index (χ0n) is 18.5. The van der Waals surface area contributed by atoms with Crippen LogP contribution in [0.3, 0.4) is 0 Å². The first kappa shape index (κ1) is 22.8. The quantitative estimate of drug-likeness (QED) is 0.707. The average molecular weight is 448 g/mol. The monoisotopic (exact) mass is 447 g/mol. The molecule has 9 nitrogen and oxygen atoms in total. The molecule has 2 aromatic rings. The fourth-order valence-corrected chi connectivity index (χ4v) is 4.36. The second-order valence-corrected chi connectivity index (χ2v) is 9.95. The van der Waals surface area contributed by atoms with E-state index in [9.17, 15) is 18.0 Å². The number of amides is 3. The van der Waals surface area contributed by atoms with Crippen molar-refractivity contribution < 1.29 is 18.0 Å². The third kappa shape index (κ3) is 4.73. The Morgan fingerprint density at radius 2 is 1.65 bits per heavy atom. The number of benzene rings is 1. The van der Waals surface area contributed by atoms with Crippen LogP contribution >= 0.6 is 0 Å². The van der Waals surface area contributed by atoms with Crippen LogP contribution in [0.4, 0.5) is 10.5 Å². The Morgan fingerprint density at radius 3 is 2.13 bits per heavy atom. The van der Waals surface area contributed by atoms with Crippen molar-refractivity contribution in [2.75, 3.05) is 18.4 Å². The molecule has 168 valence electrons. The van der Waals surface area contributed by atoms with E-state index in [0.717, 1.165) is 17.5 Å². The Labute approximate surface area is 182 Å². The number of rotatable bonds is 6. The summed E-state index contributed by atoms with van der Waals surface area (Å²) >= 11 is 0. The summed E-state index contributed by atoms with van der Waals surface area (Å²) < 4.78 is 28.7. The maximum absolute atomic E-state index is 12.7. The van der Waals surface area contributed by atoms with Gasteiger partial charge in [-0.05, 0) is 29.4 Å². The van der Waals surface area contributed by atoms with Crippen LogP contribution in [-0.4, -0.2) is 48.1 Å². The predicted octanol–water partition coefficient (Wildman–Crippen LogP) is 3.02. The summed E-state index contributed by atoms with van der Waals surface area (Å²) in [4.78, 5) is 26.7. The van der Waals surface area contributed by atoms with Gasteiger partial charge in [0.25, 0.3) is 15.9 Å². The maximum Gasteiger partial charge on any atom is 0.333 e. The van der Waals surface area contributed by atoms with Gasteiger partial charge in [0.05, 0.1) is 0 Å². The van der Waals surface area contributed by atoms with Crippen LogP contribution in [0, 0.1) is 0 Å². The number of anilines is 1. The van der Waals surface area contributed by atoms with Gasteiger partial charge in [0.1, 0.15) is 5.69 Å². The van der Waals surface area contributed by atoms with Crippen LogP contribution in [-0.2, 0) is 17.1 Å². The van der Waals surface area contributed by atoms with Gasteiger partial charge in [-0.3, -0.25) is 9.48 Å². The molecule has 1 fully saturated rings. The standard InChI is InChI=1S/C21H29N5O4S/c1-13(2)15-8-6-9-16(14(3)4)19(15)22-21(28)24-31(29,30)18-12-17(25(5)23-18)20(27)26-10-7-11-26/h6,8-9,12-14H,7,10-11H2,1-5H3,(H2,22,24,28). The third-order valence-electron chi connectivity index (χ3n) is 5.33. The molecule has 2 heterocycles. The van der Waals surface area contributed by atoms with Gasteiger partial charge in [-0.15, -0.1) is 0 Å². The number of carbonyl (C=O) groups excluding carboxylic acids is 2. The van der Waals surface area contributed by atoms with Crippen LogP contribution in [0.15, 0.2) is 29.3 Å². The summed E-state index contributed by atoms with van der Waals surface area (Å²) in [6.07, 6.45) is 0.923.